The average Bonchev–Trinajstić information content (AvgIpc) is 2.28. The Balaban J connectivity index is 2.68. The molecular formula is C11H8BrN3O3. The van der Waals surface area contributed by atoms with Crippen LogP contribution < -0.4 is 11.3 Å². The van der Waals surface area contributed by atoms with Crippen LogP contribution in [0.2, 0.25) is 0 Å². The first-order chi connectivity index (χ1) is 8.49. The maximum absolute atomic E-state index is 11.7. The first-order valence-corrected chi connectivity index (χ1v) is 5.67. The van der Waals surface area contributed by atoms with Crippen LogP contribution >= 0.6 is 15.9 Å². The van der Waals surface area contributed by atoms with E-state index in [1.807, 2.05) is 0 Å². The van der Waals surface area contributed by atoms with Crippen molar-refractivity contribution in [3.8, 4) is 11.4 Å². The van der Waals surface area contributed by atoms with Crippen molar-refractivity contribution in [3.05, 3.63) is 50.9 Å². The molecule has 2 rings (SSSR count). The van der Waals surface area contributed by atoms with E-state index < -0.39 is 17.2 Å². The Kier molecular flexibility index (Phi) is 3.15. The summed E-state index contributed by atoms with van der Waals surface area (Å²) in [6, 6.07) is 7.68. The molecule has 0 radical (unpaired) electrons. The summed E-state index contributed by atoms with van der Waals surface area (Å²) < 4.78 is 1.74. The lowest BCUT2D eigenvalue weighted by atomic mass is 10.3. The third kappa shape index (κ3) is 2.25. The standard InChI is InChI=1S/C11H8BrN3O3/c12-6-2-1-3-7(4-6)15-9(17)5-8(16)10(14-15)11(13)18/h1-5,16H,(H2,13,18). The molecule has 0 aliphatic heterocycles. The number of carbonyl (C=O) groups is 1. The molecular weight excluding hydrogens is 302 g/mol. The van der Waals surface area contributed by atoms with Crippen LogP contribution in [-0.4, -0.2) is 20.8 Å². The Morgan fingerprint density at radius 2 is 2.11 bits per heavy atom. The molecule has 6 nitrogen and oxygen atoms in total. The van der Waals surface area contributed by atoms with Gasteiger partial charge in [-0.05, 0) is 18.2 Å². The number of rotatable bonds is 2. The monoisotopic (exact) mass is 309 g/mol. The highest BCUT2D eigenvalue weighted by molar-refractivity contribution is 9.10. The molecule has 7 heteroatoms. The van der Waals surface area contributed by atoms with E-state index in [1.165, 1.54) is 0 Å². The fourth-order valence-corrected chi connectivity index (χ4v) is 1.80. The summed E-state index contributed by atoms with van der Waals surface area (Å²) in [4.78, 5) is 22.8. The number of hydrogen-bond acceptors (Lipinski definition) is 4. The number of carbonyl (C=O) groups excluding carboxylic acids is 1. The van der Waals surface area contributed by atoms with Crippen molar-refractivity contribution >= 4 is 21.8 Å². The van der Waals surface area contributed by atoms with Crippen molar-refractivity contribution in [1.29, 1.82) is 0 Å². The number of amides is 1. The van der Waals surface area contributed by atoms with Crippen molar-refractivity contribution in [2.45, 2.75) is 0 Å². The van der Waals surface area contributed by atoms with E-state index in [0.717, 1.165) is 15.2 Å². The highest BCUT2D eigenvalue weighted by Crippen LogP contribution is 2.15. The summed E-state index contributed by atoms with van der Waals surface area (Å²) in [6.45, 7) is 0. The predicted molar refractivity (Wildman–Crippen MR) is 67.7 cm³/mol. The molecule has 0 unspecified atom stereocenters. The summed E-state index contributed by atoms with van der Waals surface area (Å²) in [6.07, 6.45) is 0. The maximum Gasteiger partial charge on any atom is 0.275 e. The zero-order chi connectivity index (χ0) is 13.3. The lowest BCUT2D eigenvalue weighted by Gasteiger charge is -2.07. The highest BCUT2D eigenvalue weighted by Gasteiger charge is 2.13. The molecule has 92 valence electrons. The lowest BCUT2D eigenvalue weighted by molar-refractivity contribution is 0.0991. The molecule has 0 aliphatic carbocycles. The second kappa shape index (κ2) is 4.61. The Morgan fingerprint density at radius 3 is 2.72 bits per heavy atom. The summed E-state index contributed by atoms with van der Waals surface area (Å²) in [5, 5.41) is 13.1. The number of benzene rings is 1. The van der Waals surface area contributed by atoms with Gasteiger partial charge in [0.15, 0.2) is 11.4 Å². The molecule has 0 spiro atoms. The molecule has 3 N–H and O–H groups in total. The van der Waals surface area contributed by atoms with Crippen molar-refractivity contribution in [3.63, 3.8) is 0 Å². The Labute approximate surface area is 110 Å². The van der Waals surface area contributed by atoms with Gasteiger partial charge in [0.2, 0.25) is 0 Å². The molecule has 1 aromatic carbocycles. The van der Waals surface area contributed by atoms with E-state index in [1.54, 1.807) is 24.3 Å². The van der Waals surface area contributed by atoms with Gasteiger partial charge in [-0.25, -0.2) is 0 Å². The quantitative estimate of drug-likeness (QED) is 0.857. The van der Waals surface area contributed by atoms with Crippen LogP contribution in [0.3, 0.4) is 0 Å². The first kappa shape index (κ1) is 12.3. The number of aromatic hydroxyl groups is 1. The number of aromatic nitrogens is 2. The van der Waals surface area contributed by atoms with Crippen LogP contribution in [0, 0.1) is 0 Å². The minimum absolute atomic E-state index is 0.352. The third-order valence-electron chi connectivity index (χ3n) is 2.20. The molecule has 0 fully saturated rings. The fourth-order valence-electron chi connectivity index (χ4n) is 1.42. The van der Waals surface area contributed by atoms with Gasteiger partial charge in [-0.1, -0.05) is 22.0 Å². The van der Waals surface area contributed by atoms with E-state index in [-0.39, 0.29) is 5.69 Å². The van der Waals surface area contributed by atoms with Crippen molar-refractivity contribution in [2.75, 3.05) is 0 Å². The van der Waals surface area contributed by atoms with E-state index in [4.69, 9.17) is 5.73 Å². The molecule has 1 aromatic heterocycles. The van der Waals surface area contributed by atoms with Crippen LogP contribution in [0.1, 0.15) is 10.5 Å². The molecule has 1 amide bonds. The molecule has 0 aliphatic rings. The summed E-state index contributed by atoms with van der Waals surface area (Å²) in [7, 11) is 0. The van der Waals surface area contributed by atoms with Gasteiger partial charge >= 0.3 is 0 Å². The SMILES string of the molecule is NC(=O)c1nn(-c2cccc(Br)c2)c(=O)cc1O. The van der Waals surface area contributed by atoms with Gasteiger partial charge in [0.05, 0.1) is 5.69 Å². The highest BCUT2D eigenvalue weighted by atomic mass is 79.9. The van der Waals surface area contributed by atoms with Gasteiger partial charge in [0, 0.05) is 10.5 Å². The molecule has 2 aromatic rings. The van der Waals surface area contributed by atoms with Gasteiger partial charge in [-0.2, -0.15) is 9.78 Å². The molecule has 0 saturated carbocycles. The molecule has 18 heavy (non-hydrogen) atoms. The maximum atomic E-state index is 11.7. The van der Waals surface area contributed by atoms with E-state index in [2.05, 4.69) is 21.0 Å². The number of primary amides is 1. The summed E-state index contributed by atoms with van der Waals surface area (Å²) >= 11 is 3.26. The Morgan fingerprint density at radius 1 is 1.39 bits per heavy atom. The predicted octanol–water partition coefficient (Wildman–Crippen LogP) is 0.799. The molecule has 1 heterocycles. The zero-order valence-electron chi connectivity index (χ0n) is 9.00. The zero-order valence-corrected chi connectivity index (χ0v) is 10.6. The summed E-state index contributed by atoms with van der Waals surface area (Å²) in [5.74, 6) is -1.44. The normalized spacial score (nSPS) is 10.3. The second-order valence-corrected chi connectivity index (χ2v) is 4.39. The smallest absolute Gasteiger partial charge is 0.275 e. The fraction of sp³-hybridized carbons (Fsp3) is 0. The lowest BCUT2D eigenvalue weighted by Crippen LogP contribution is -2.25. The van der Waals surface area contributed by atoms with E-state index >= 15 is 0 Å². The summed E-state index contributed by atoms with van der Waals surface area (Å²) in [5.41, 5.74) is 4.60. The van der Waals surface area contributed by atoms with Crippen LogP contribution in [0.25, 0.3) is 5.69 Å². The van der Waals surface area contributed by atoms with E-state index in [9.17, 15) is 14.7 Å². The third-order valence-corrected chi connectivity index (χ3v) is 2.69. The van der Waals surface area contributed by atoms with Gasteiger partial charge in [-0.3, -0.25) is 9.59 Å². The van der Waals surface area contributed by atoms with Crippen LogP contribution in [0.4, 0.5) is 0 Å². The van der Waals surface area contributed by atoms with E-state index in [0.29, 0.717) is 5.69 Å². The number of halogens is 1. The molecule has 0 bridgehead atoms. The Hall–Kier alpha value is -2.15. The van der Waals surface area contributed by atoms with Gasteiger partial charge in [-0.15, -0.1) is 0 Å². The average molecular weight is 310 g/mol. The minimum atomic E-state index is -0.906. The largest absolute Gasteiger partial charge is 0.505 e. The molecule has 0 saturated heterocycles. The van der Waals surface area contributed by atoms with Crippen LogP contribution in [0.5, 0.6) is 5.75 Å². The van der Waals surface area contributed by atoms with Crippen molar-refractivity contribution < 1.29 is 9.90 Å². The van der Waals surface area contributed by atoms with Crippen LogP contribution in [-0.2, 0) is 0 Å². The molecule has 0 atom stereocenters. The van der Waals surface area contributed by atoms with Crippen LogP contribution in [0.15, 0.2) is 39.6 Å². The van der Waals surface area contributed by atoms with Crippen molar-refractivity contribution in [2.24, 2.45) is 5.73 Å². The number of nitrogens with zero attached hydrogens (tertiary/aromatic N) is 2. The first-order valence-electron chi connectivity index (χ1n) is 4.88. The van der Waals surface area contributed by atoms with Gasteiger partial charge in [0.1, 0.15) is 0 Å². The van der Waals surface area contributed by atoms with Gasteiger partial charge < -0.3 is 10.8 Å². The number of nitrogens with two attached hydrogens (primary N) is 1. The Bertz CT molecular complexity index is 681. The second-order valence-electron chi connectivity index (χ2n) is 3.47. The van der Waals surface area contributed by atoms with Gasteiger partial charge in [0.25, 0.3) is 11.5 Å². The minimum Gasteiger partial charge on any atom is -0.505 e. The topological polar surface area (TPSA) is 98.2 Å². The number of hydrogen-bond donors (Lipinski definition) is 2. The van der Waals surface area contributed by atoms with Crippen molar-refractivity contribution in [1.82, 2.24) is 9.78 Å².